The van der Waals surface area contributed by atoms with Crippen molar-refractivity contribution in [2.75, 3.05) is 11.4 Å². The summed E-state index contributed by atoms with van der Waals surface area (Å²) in [5.41, 5.74) is 7.33. The second-order valence-corrected chi connectivity index (χ2v) is 8.52. The normalized spacial score (nSPS) is 16.9. The van der Waals surface area contributed by atoms with Crippen LogP contribution >= 0.6 is 0 Å². The summed E-state index contributed by atoms with van der Waals surface area (Å²) >= 11 is 0. The van der Waals surface area contributed by atoms with E-state index in [0.717, 1.165) is 12.2 Å². The Bertz CT molecular complexity index is 993. The van der Waals surface area contributed by atoms with Gasteiger partial charge in [-0.25, -0.2) is 0 Å². The Kier molecular flexibility index (Phi) is 7.55. The summed E-state index contributed by atoms with van der Waals surface area (Å²) in [7, 11) is 0. The Hall–Kier alpha value is -2.87. The molecule has 31 heavy (non-hydrogen) atoms. The fourth-order valence-corrected chi connectivity index (χ4v) is 4.42. The number of benzene rings is 2. The smallest absolute Gasteiger partial charge is 0.0708 e. The van der Waals surface area contributed by atoms with Gasteiger partial charge in [-0.3, -0.25) is 4.99 Å². The van der Waals surface area contributed by atoms with Crippen molar-refractivity contribution in [2.45, 2.75) is 58.3 Å². The highest BCUT2D eigenvalue weighted by atomic mass is 15.1. The molecule has 0 bridgehead atoms. The number of unbranched alkanes of at least 4 members (excludes halogenated alkanes) is 7. The van der Waals surface area contributed by atoms with Crippen LogP contribution in [0.3, 0.4) is 0 Å². The highest BCUT2D eigenvalue weighted by Crippen LogP contribution is 2.35. The van der Waals surface area contributed by atoms with E-state index in [0.29, 0.717) is 0 Å². The van der Waals surface area contributed by atoms with E-state index in [1.807, 2.05) is 12.3 Å². The second kappa shape index (κ2) is 10.9. The van der Waals surface area contributed by atoms with Crippen molar-refractivity contribution in [1.29, 1.82) is 0 Å². The van der Waals surface area contributed by atoms with E-state index in [-0.39, 0.29) is 0 Å². The molecule has 0 fully saturated rings. The lowest BCUT2D eigenvalue weighted by Crippen LogP contribution is -2.21. The fourth-order valence-electron chi connectivity index (χ4n) is 4.42. The Balaban J connectivity index is 1.38. The molecule has 0 aromatic heterocycles. The molecule has 0 radical (unpaired) electrons. The summed E-state index contributed by atoms with van der Waals surface area (Å²) in [5.74, 6) is 0. The maximum Gasteiger partial charge on any atom is 0.0708 e. The number of para-hydroxylation sites is 2. The monoisotopic (exact) mass is 410 g/mol. The number of nitrogens with zero attached hydrogens (tertiary/aromatic N) is 2. The van der Waals surface area contributed by atoms with Crippen molar-refractivity contribution in [3.63, 3.8) is 0 Å². The number of hydrogen-bond acceptors (Lipinski definition) is 2. The Morgan fingerprint density at radius 1 is 0.742 bits per heavy atom. The maximum atomic E-state index is 4.52. The van der Waals surface area contributed by atoms with Gasteiger partial charge in [0, 0.05) is 41.3 Å². The first-order chi connectivity index (χ1) is 15.4. The van der Waals surface area contributed by atoms with E-state index < -0.39 is 0 Å². The number of aliphatic imine (C=N–C) groups is 1. The molecule has 2 aromatic rings. The lowest BCUT2D eigenvalue weighted by molar-refractivity contribution is 0.576. The average Bonchev–Trinajstić information content (AvgIpc) is 3.23. The molecule has 160 valence electrons. The van der Waals surface area contributed by atoms with Crippen LogP contribution in [0.1, 0.15) is 69.4 Å². The fraction of sp³-hybridized carbons (Fsp3) is 0.345. The Labute approximate surface area is 187 Å². The third kappa shape index (κ3) is 5.44. The van der Waals surface area contributed by atoms with Crippen LogP contribution in [0.25, 0.3) is 11.1 Å². The van der Waals surface area contributed by atoms with Crippen LogP contribution in [-0.2, 0) is 0 Å². The molecule has 0 saturated heterocycles. The molecule has 2 nitrogen and oxygen atoms in total. The van der Waals surface area contributed by atoms with Gasteiger partial charge in [0.2, 0.25) is 0 Å². The van der Waals surface area contributed by atoms with E-state index in [2.05, 4.69) is 83.7 Å². The molecule has 0 saturated carbocycles. The summed E-state index contributed by atoms with van der Waals surface area (Å²) in [6, 6.07) is 17.1. The summed E-state index contributed by atoms with van der Waals surface area (Å²) in [5, 5.41) is 0. The van der Waals surface area contributed by atoms with Gasteiger partial charge in [-0.1, -0.05) is 100 Å². The van der Waals surface area contributed by atoms with Gasteiger partial charge in [-0.15, -0.1) is 0 Å². The summed E-state index contributed by atoms with van der Waals surface area (Å²) in [6.07, 6.45) is 21.8. The molecular formula is C29H34N2. The Morgan fingerprint density at radius 2 is 1.42 bits per heavy atom. The third-order valence-corrected chi connectivity index (χ3v) is 6.21. The van der Waals surface area contributed by atoms with E-state index in [4.69, 9.17) is 0 Å². The number of anilines is 1. The first kappa shape index (κ1) is 21.4. The van der Waals surface area contributed by atoms with Crippen molar-refractivity contribution in [3.05, 3.63) is 84.1 Å². The van der Waals surface area contributed by atoms with Gasteiger partial charge < -0.3 is 4.90 Å². The zero-order chi connectivity index (χ0) is 21.3. The number of allylic oxidation sites excluding steroid dienone is 5. The highest BCUT2D eigenvalue weighted by molar-refractivity contribution is 6.17. The van der Waals surface area contributed by atoms with Crippen LogP contribution in [0.4, 0.5) is 11.4 Å². The topological polar surface area (TPSA) is 15.6 Å². The van der Waals surface area contributed by atoms with E-state index in [1.165, 1.54) is 79.3 Å². The lowest BCUT2D eigenvalue weighted by Gasteiger charge is -2.27. The molecule has 2 aliphatic heterocycles. The van der Waals surface area contributed by atoms with Crippen LogP contribution in [0.5, 0.6) is 0 Å². The van der Waals surface area contributed by atoms with Crippen LogP contribution in [0.2, 0.25) is 0 Å². The molecule has 2 aliphatic rings. The molecular weight excluding hydrogens is 376 g/mol. The number of fused-ring (bicyclic) bond motifs is 2. The van der Waals surface area contributed by atoms with Crippen molar-refractivity contribution >= 4 is 28.7 Å². The average molecular weight is 411 g/mol. The van der Waals surface area contributed by atoms with Crippen LogP contribution in [-0.4, -0.2) is 12.8 Å². The molecule has 0 aliphatic carbocycles. The minimum absolute atomic E-state index is 1.06. The lowest BCUT2D eigenvalue weighted by atomic mass is 9.98. The molecule has 0 amide bonds. The van der Waals surface area contributed by atoms with Gasteiger partial charge in [0.05, 0.1) is 5.69 Å². The van der Waals surface area contributed by atoms with Crippen molar-refractivity contribution in [1.82, 2.24) is 0 Å². The quantitative estimate of drug-likeness (QED) is 0.359. The van der Waals surface area contributed by atoms with Gasteiger partial charge in [-0.2, -0.15) is 0 Å². The van der Waals surface area contributed by atoms with Crippen LogP contribution in [0.15, 0.2) is 78.0 Å². The predicted molar refractivity (Wildman–Crippen MR) is 136 cm³/mol. The SMILES string of the molecule is CCCCCCCCCCN1C=C/C(=C/C=C2/C=Nc3ccccc32)c2ccccc21. The van der Waals surface area contributed by atoms with Gasteiger partial charge in [0.15, 0.2) is 0 Å². The van der Waals surface area contributed by atoms with Crippen molar-refractivity contribution in [3.8, 4) is 0 Å². The molecule has 0 unspecified atom stereocenters. The minimum Gasteiger partial charge on any atom is -0.347 e. The molecule has 0 atom stereocenters. The second-order valence-electron chi connectivity index (χ2n) is 8.52. The minimum atomic E-state index is 1.06. The van der Waals surface area contributed by atoms with Gasteiger partial charge in [0.25, 0.3) is 0 Å². The highest BCUT2D eigenvalue weighted by Gasteiger charge is 2.15. The van der Waals surface area contributed by atoms with Crippen molar-refractivity contribution < 1.29 is 0 Å². The summed E-state index contributed by atoms with van der Waals surface area (Å²) in [4.78, 5) is 6.94. The molecule has 2 aromatic carbocycles. The molecule has 0 N–H and O–H groups in total. The van der Waals surface area contributed by atoms with Crippen LogP contribution in [0, 0.1) is 0 Å². The van der Waals surface area contributed by atoms with E-state index in [9.17, 15) is 0 Å². The van der Waals surface area contributed by atoms with Crippen LogP contribution < -0.4 is 4.90 Å². The predicted octanol–water partition coefficient (Wildman–Crippen LogP) is 8.34. The largest absolute Gasteiger partial charge is 0.347 e. The van der Waals surface area contributed by atoms with Gasteiger partial charge >= 0.3 is 0 Å². The first-order valence-corrected chi connectivity index (χ1v) is 12.0. The number of hydrogen-bond donors (Lipinski definition) is 0. The maximum absolute atomic E-state index is 4.52. The summed E-state index contributed by atoms with van der Waals surface area (Å²) < 4.78 is 0. The van der Waals surface area contributed by atoms with Gasteiger partial charge in [0.1, 0.15) is 0 Å². The van der Waals surface area contributed by atoms with Gasteiger partial charge in [-0.05, 0) is 30.2 Å². The zero-order valence-corrected chi connectivity index (χ0v) is 18.8. The standard InChI is InChI=1S/C29H34N2/c1-2-3-4-5-6-7-8-13-21-31-22-20-24(27-15-10-12-17-29(27)31)18-19-25-23-30-28-16-11-9-14-26(25)28/h9-12,14-20,22-23H,2-8,13,21H2,1H3/b24-18-,25-19-. The van der Waals surface area contributed by atoms with E-state index in [1.54, 1.807) is 0 Å². The molecule has 2 heterocycles. The molecule has 2 heteroatoms. The summed E-state index contributed by atoms with van der Waals surface area (Å²) in [6.45, 7) is 3.38. The van der Waals surface area contributed by atoms with Crippen molar-refractivity contribution in [2.24, 2.45) is 4.99 Å². The van der Waals surface area contributed by atoms with E-state index >= 15 is 0 Å². The molecule has 4 rings (SSSR count). The Morgan fingerprint density at radius 3 is 2.26 bits per heavy atom. The third-order valence-electron chi connectivity index (χ3n) is 6.21. The number of rotatable bonds is 10. The molecule has 0 spiro atoms. The zero-order valence-electron chi connectivity index (χ0n) is 18.8. The first-order valence-electron chi connectivity index (χ1n) is 12.0.